The zero-order chi connectivity index (χ0) is 55.8. The number of methoxy groups -OCH3 is 1. The molecule has 8 heterocycles. The SMILES string of the molecule is C1=Cc2cc3ccc(cc4nc(cc5ccc(cc1n2)[nH]5)C=C4)[nH]3.CO[C@@]12[C@H](COC(N)=O)C3=C(C(=O)C(C)=C(N)C3=O)N1C[C@H]1[C@@H]2N1C.C[C@]12C=CC(=O)C=C1CC[C@@H]1[C@@H]2C(=O)C[C@@]2(C)[C@H]1CC[C@]2(O)C(=O)CO.[CH2]CC.[NaH]. The summed E-state index contributed by atoms with van der Waals surface area (Å²) in [7, 11) is 3.49. The number of ether oxygens (including phenoxy) is 2. The Kier molecular flexibility index (Phi) is 15.7. The predicted molar refractivity (Wildman–Crippen MR) is 300 cm³/mol. The molecule has 8 N–H and O–H groups in total. The Bertz CT molecular complexity index is 3270. The Morgan fingerprint density at radius 1 is 0.886 bits per heavy atom. The molecule has 18 nitrogen and oxygen atoms in total. The molecular formula is C60H68N8NaO10. The second kappa shape index (κ2) is 21.6. The van der Waals surface area contributed by atoms with Crippen LogP contribution in [-0.2, 0) is 33.4 Å². The van der Waals surface area contributed by atoms with E-state index in [4.69, 9.17) is 20.9 Å². The molecule has 409 valence electrons. The minimum absolute atomic E-state index is 0. The number of aromatic amines is 2. The number of H-pyrrole nitrogens is 2. The molecular weight excluding hydrogens is 1020 g/mol. The van der Waals surface area contributed by atoms with E-state index in [0.717, 1.165) is 69.7 Å². The molecule has 1 radical (unpaired) electrons. The number of carbonyl (C=O) groups excluding carboxylic acids is 6. The van der Waals surface area contributed by atoms with Gasteiger partial charge in [-0.1, -0.05) is 45.8 Å². The summed E-state index contributed by atoms with van der Waals surface area (Å²) >= 11 is 0. The summed E-state index contributed by atoms with van der Waals surface area (Å²) in [6.07, 6.45) is 16.0. The number of amides is 1. The van der Waals surface area contributed by atoms with Crippen molar-refractivity contribution in [1.82, 2.24) is 29.7 Å². The van der Waals surface area contributed by atoms with Crippen LogP contribution < -0.4 is 11.5 Å². The van der Waals surface area contributed by atoms with Gasteiger partial charge >= 0.3 is 35.7 Å². The van der Waals surface area contributed by atoms with Crippen molar-refractivity contribution >= 4 is 111 Å². The van der Waals surface area contributed by atoms with Crippen molar-refractivity contribution < 1.29 is 48.5 Å². The molecule has 3 aromatic rings. The first-order valence-corrected chi connectivity index (χ1v) is 26.6. The number of aliphatic hydroxyl groups is 2. The van der Waals surface area contributed by atoms with Crippen LogP contribution in [0, 0.1) is 41.4 Å². The fraction of sp³-hybridized carbons (Fsp3) is 0.417. The van der Waals surface area contributed by atoms with Crippen molar-refractivity contribution in [2.45, 2.75) is 89.6 Å². The Morgan fingerprint density at radius 3 is 1.94 bits per heavy atom. The molecule has 0 spiro atoms. The first-order chi connectivity index (χ1) is 37.2. The van der Waals surface area contributed by atoms with Gasteiger partial charge in [-0.15, -0.1) is 0 Å². The second-order valence-corrected chi connectivity index (χ2v) is 22.3. The summed E-state index contributed by atoms with van der Waals surface area (Å²) in [6, 6.07) is 16.6. The normalized spacial score (nSPS) is 31.8. The quantitative estimate of drug-likeness (QED) is 0.0700. The van der Waals surface area contributed by atoms with Gasteiger partial charge in [-0.05, 0) is 136 Å². The number of piperazine rings is 1. The van der Waals surface area contributed by atoms with E-state index in [-0.39, 0.29) is 107 Å². The van der Waals surface area contributed by atoms with E-state index in [1.807, 2.05) is 87.4 Å². The standard InChI is InChI=1S/C21H26O5.C20H14N4.C16H20N4O5.C3H7.Na.H/c1-19-7-5-13(23)9-12(19)3-4-14-15-6-8-21(26,17(25)11-22)20(15,2)10-16(24)18(14)19;1-2-14-10-16-5-6-18(23-16)12-20-8-7-19(24-20)11-17-4-3-15(22-17)9-13(1)21-14;1-6-10(17)13(22)9-7(5-25-15(18)23)16(24-3)14-8(19(14)2)4-20(16)11(9)12(6)21;1-3-2;;/h5,7,9,14-15,18,22,26H,3-4,6,8,10-11H2,1-2H3;1-12,21,24H;7-8,14H,4-5,17H2,1-3H3,(H2,18,23);1,3H2,2H3;;/t14-,15-,18+,19-,20-,21-;;7-,8+,14+,16-,19?;;;/m0.1.../s1. The zero-order valence-electron chi connectivity index (χ0n) is 44.8. The van der Waals surface area contributed by atoms with Crippen molar-refractivity contribution in [3.8, 4) is 0 Å². The number of aliphatic hydroxyl groups excluding tert-OH is 1. The van der Waals surface area contributed by atoms with Gasteiger partial charge in [0, 0.05) is 76.1 Å². The zero-order valence-corrected chi connectivity index (χ0v) is 44.8. The van der Waals surface area contributed by atoms with Crippen LogP contribution >= 0.6 is 0 Å². The van der Waals surface area contributed by atoms with Crippen LogP contribution in [0.4, 0.5) is 4.79 Å². The number of nitrogens with two attached hydrogens (primary N) is 2. The van der Waals surface area contributed by atoms with Gasteiger partial charge in [0.1, 0.15) is 24.6 Å². The number of hydrogen-bond acceptors (Lipinski definition) is 15. The summed E-state index contributed by atoms with van der Waals surface area (Å²) < 4.78 is 10.9. The van der Waals surface area contributed by atoms with Crippen LogP contribution in [0.15, 0.2) is 94.9 Å². The number of rotatable bonds is 5. The van der Waals surface area contributed by atoms with Crippen molar-refractivity contribution in [2.75, 3.05) is 33.9 Å². The fourth-order valence-corrected chi connectivity index (χ4v) is 14.3. The van der Waals surface area contributed by atoms with Crippen LogP contribution in [0.1, 0.15) is 89.0 Å². The Hall–Kier alpha value is -6.38. The molecule has 3 aromatic heterocycles. The van der Waals surface area contributed by atoms with Crippen LogP contribution in [0.3, 0.4) is 0 Å². The van der Waals surface area contributed by atoms with Crippen molar-refractivity contribution in [1.29, 1.82) is 0 Å². The number of carbonyl (C=O) groups is 6. The average Bonchev–Trinajstić information content (AvgIpc) is 3.22. The Balaban J connectivity index is 0.000000139. The third-order valence-corrected chi connectivity index (χ3v) is 18.0. The maximum absolute atomic E-state index is 13.3. The van der Waals surface area contributed by atoms with E-state index in [2.05, 4.69) is 56.0 Å². The van der Waals surface area contributed by atoms with Crippen molar-refractivity contribution in [3.63, 3.8) is 0 Å². The first kappa shape index (κ1) is 57.3. The van der Waals surface area contributed by atoms with Gasteiger partial charge < -0.3 is 46.0 Å². The topological polar surface area (TPSA) is 277 Å². The van der Waals surface area contributed by atoms with E-state index >= 15 is 0 Å². The van der Waals surface area contributed by atoms with Crippen LogP contribution in [0.5, 0.6) is 0 Å². The molecule has 3 saturated carbocycles. The molecule has 79 heavy (non-hydrogen) atoms. The number of aromatic nitrogens is 4. The number of hydrogen-bond donors (Lipinski definition) is 6. The number of Topliss-reactive ketones (excluding diaryl/α,β-unsaturated/α-hetero) is 4. The van der Waals surface area contributed by atoms with Crippen molar-refractivity contribution in [3.05, 3.63) is 125 Å². The summed E-state index contributed by atoms with van der Waals surface area (Å²) in [5.74, 6) is -1.91. The molecule has 5 aliphatic heterocycles. The van der Waals surface area contributed by atoms with Crippen LogP contribution in [0.2, 0.25) is 0 Å². The number of nitrogens with zero attached hydrogens (tertiary/aromatic N) is 4. The van der Waals surface area contributed by atoms with Gasteiger partial charge in [-0.2, -0.15) is 0 Å². The van der Waals surface area contributed by atoms with Gasteiger partial charge in [0.05, 0.1) is 46.1 Å². The number of allylic oxidation sites excluding steroid dienone is 6. The summed E-state index contributed by atoms with van der Waals surface area (Å²) in [6.45, 7) is 10.6. The molecule has 1 amide bonds. The molecule has 5 aliphatic carbocycles. The van der Waals surface area contributed by atoms with Gasteiger partial charge in [0.15, 0.2) is 17.3 Å². The van der Waals surface area contributed by atoms with Crippen LogP contribution in [0.25, 0.3) is 46.4 Å². The van der Waals surface area contributed by atoms with E-state index in [9.17, 15) is 39.0 Å². The van der Waals surface area contributed by atoms with Gasteiger partial charge in [0.2, 0.25) is 11.6 Å². The number of ketones is 5. The van der Waals surface area contributed by atoms with Gasteiger partial charge in [-0.3, -0.25) is 28.9 Å². The van der Waals surface area contributed by atoms with Gasteiger partial charge in [-0.25, -0.2) is 14.8 Å². The second-order valence-electron chi connectivity index (χ2n) is 22.3. The van der Waals surface area contributed by atoms with E-state index < -0.39 is 52.3 Å². The monoisotopic (exact) mass is 1080 g/mol. The van der Waals surface area contributed by atoms with Crippen LogP contribution in [-0.4, -0.2) is 162 Å². The average molecular weight is 1080 g/mol. The number of fused-ring (bicyclic) bond motifs is 17. The molecule has 13 rings (SSSR count). The van der Waals surface area contributed by atoms with Crippen molar-refractivity contribution in [2.24, 2.45) is 46.0 Å². The maximum atomic E-state index is 13.3. The van der Waals surface area contributed by atoms with E-state index in [0.29, 0.717) is 25.1 Å². The minimum atomic E-state index is -1.62. The molecule has 2 saturated heterocycles. The number of likely N-dealkylation sites (N-methyl/N-ethyl adjacent to an activating group) is 1. The summed E-state index contributed by atoms with van der Waals surface area (Å²) in [5.41, 5.74) is 16.8. The third-order valence-electron chi connectivity index (χ3n) is 18.0. The number of primary amides is 1. The van der Waals surface area contributed by atoms with E-state index in [1.165, 1.54) is 7.11 Å². The Morgan fingerprint density at radius 2 is 1.43 bits per heavy atom. The molecule has 0 aromatic carbocycles. The first-order valence-electron chi connectivity index (χ1n) is 26.6. The van der Waals surface area contributed by atoms with E-state index in [1.54, 1.807) is 19.1 Å². The number of nitrogens with one attached hydrogen (secondary N) is 2. The third kappa shape index (κ3) is 9.55. The molecule has 19 heteroatoms. The Labute approximate surface area is 480 Å². The summed E-state index contributed by atoms with van der Waals surface area (Å²) in [4.78, 5) is 94.2. The molecule has 5 fully saturated rings. The summed E-state index contributed by atoms with van der Waals surface area (Å²) in [5, 5.41) is 20.5. The molecule has 11 atom stereocenters. The van der Waals surface area contributed by atoms with Gasteiger partial charge in [0.25, 0.3) is 0 Å². The molecule has 1 unspecified atom stereocenters. The molecule has 8 bridgehead atoms. The predicted octanol–water partition coefficient (Wildman–Crippen LogP) is 5.69. The molecule has 10 aliphatic rings. The fourth-order valence-electron chi connectivity index (χ4n) is 14.3.